The molecule has 1 aromatic carbocycles. The van der Waals surface area contributed by atoms with Crippen LogP contribution in [0.15, 0.2) is 46.0 Å². The number of rotatable bonds is 11. The maximum absolute atomic E-state index is 5.72. The van der Waals surface area contributed by atoms with Gasteiger partial charge in [-0.1, -0.05) is 17.7 Å². The van der Waals surface area contributed by atoms with Gasteiger partial charge in [-0.2, -0.15) is 0 Å². The second kappa shape index (κ2) is 12.5. The van der Waals surface area contributed by atoms with Crippen LogP contribution in [0.5, 0.6) is 5.75 Å². The number of nitrogens with one attached hydrogen (secondary N) is 2. The van der Waals surface area contributed by atoms with Crippen molar-refractivity contribution in [1.82, 2.24) is 10.6 Å². The minimum absolute atomic E-state index is 0.0931. The second-order valence-electron chi connectivity index (χ2n) is 8.20. The van der Waals surface area contributed by atoms with Crippen LogP contribution in [-0.4, -0.2) is 52.5 Å². The van der Waals surface area contributed by atoms with Crippen LogP contribution in [0.4, 0.5) is 0 Å². The van der Waals surface area contributed by atoms with Gasteiger partial charge in [-0.3, -0.25) is 4.99 Å². The molecule has 1 aliphatic rings. The molecule has 1 saturated heterocycles. The van der Waals surface area contributed by atoms with E-state index in [0.717, 1.165) is 63.0 Å². The summed E-state index contributed by atoms with van der Waals surface area (Å²) in [5.41, 5.74) is 2.37. The van der Waals surface area contributed by atoms with Gasteiger partial charge >= 0.3 is 0 Å². The van der Waals surface area contributed by atoms with Crippen molar-refractivity contribution < 1.29 is 18.6 Å². The fraction of sp³-hybridized carbons (Fsp3) is 0.560. The lowest BCUT2D eigenvalue weighted by Crippen LogP contribution is -2.41. The van der Waals surface area contributed by atoms with Crippen molar-refractivity contribution in [2.75, 3.05) is 46.6 Å². The summed E-state index contributed by atoms with van der Waals surface area (Å²) in [6.45, 7) is 9.13. The van der Waals surface area contributed by atoms with Gasteiger partial charge in [0.2, 0.25) is 0 Å². The van der Waals surface area contributed by atoms with E-state index in [0.29, 0.717) is 19.8 Å². The lowest BCUT2D eigenvalue weighted by Gasteiger charge is -2.37. The molecule has 0 unspecified atom stereocenters. The van der Waals surface area contributed by atoms with E-state index in [4.69, 9.17) is 23.6 Å². The van der Waals surface area contributed by atoms with Crippen LogP contribution in [0.3, 0.4) is 0 Å². The van der Waals surface area contributed by atoms with Crippen molar-refractivity contribution in [3.63, 3.8) is 0 Å². The predicted octanol–water partition coefficient (Wildman–Crippen LogP) is 3.81. The molecule has 0 amide bonds. The van der Waals surface area contributed by atoms with E-state index in [-0.39, 0.29) is 5.41 Å². The molecule has 0 saturated carbocycles. The third-order valence-electron chi connectivity index (χ3n) is 5.84. The van der Waals surface area contributed by atoms with E-state index in [2.05, 4.69) is 42.7 Å². The zero-order valence-corrected chi connectivity index (χ0v) is 19.6. The number of ether oxygens (including phenoxy) is 3. The summed E-state index contributed by atoms with van der Waals surface area (Å²) in [4.78, 5) is 4.98. The van der Waals surface area contributed by atoms with Gasteiger partial charge in [0.15, 0.2) is 5.96 Å². The monoisotopic (exact) mass is 443 g/mol. The molecule has 0 spiro atoms. The molecule has 7 heteroatoms. The summed E-state index contributed by atoms with van der Waals surface area (Å²) in [6, 6.07) is 10.2. The van der Waals surface area contributed by atoms with E-state index < -0.39 is 0 Å². The molecule has 0 aliphatic carbocycles. The van der Waals surface area contributed by atoms with Gasteiger partial charge in [0.1, 0.15) is 18.1 Å². The Morgan fingerprint density at radius 1 is 1.19 bits per heavy atom. The van der Waals surface area contributed by atoms with Gasteiger partial charge in [0.25, 0.3) is 0 Å². The largest absolute Gasteiger partial charge is 0.496 e. The maximum Gasteiger partial charge on any atom is 0.191 e. The van der Waals surface area contributed by atoms with E-state index in [1.807, 2.05) is 12.1 Å². The van der Waals surface area contributed by atoms with Crippen LogP contribution < -0.4 is 15.4 Å². The average molecular weight is 444 g/mol. The predicted molar refractivity (Wildman–Crippen MR) is 126 cm³/mol. The van der Waals surface area contributed by atoms with Crippen LogP contribution >= 0.6 is 0 Å². The normalized spacial score (nSPS) is 16.0. The number of furan rings is 1. The number of benzene rings is 1. The molecule has 32 heavy (non-hydrogen) atoms. The third kappa shape index (κ3) is 6.74. The van der Waals surface area contributed by atoms with Crippen LogP contribution in [0.2, 0.25) is 0 Å². The molecule has 0 bridgehead atoms. The van der Waals surface area contributed by atoms with Gasteiger partial charge in [-0.05, 0) is 51.3 Å². The zero-order chi connectivity index (χ0) is 22.7. The Morgan fingerprint density at radius 3 is 2.75 bits per heavy atom. The Balaban J connectivity index is 1.61. The van der Waals surface area contributed by atoms with Crippen molar-refractivity contribution in [2.45, 2.75) is 45.1 Å². The molecule has 2 N–H and O–H groups in total. The molecular weight excluding hydrogens is 406 g/mol. The first kappa shape index (κ1) is 24.1. The highest BCUT2D eigenvalue weighted by molar-refractivity contribution is 5.79. The van der Waals surface area contributed by atoms with E-state index in [1.165, 1.54) is 11.1 Å². The Morgan fingerprint density at radius 2 is 2.03 bits per heavy atom. The first-order chi connectivity index (χ1) is 15.7. The smallest absolute Gasteiger partial charge is 0.191 e. The summed E-state index contributed by atoms with van der Waals surface area (Å²) in [5, 5.41) is 6.80. The Hall–Kier alpha value is -2.51. The lowest BCUT2D eigenvalue weighted by molar-refractivity contribution is 0.0522. The third-order valence-corrected chi connectivity index (χ3v) is 5.84. The van der Waals surface area contributed by atoms with Gasteiger partial charge in [-0.15, -0.1) is 0 Å². The van der Waals surface area contributed by atoms with Crippen molar-refractivity contribution in [3.05, 3.63) is 53.5 Å². The minimum Gasteiger partial charge on any atom is -0.496 e. The van der Waals surface area contributed by atoms with E-state index >= 15 is 0 Å². The first-order valence-corrected chi connectivity index (χ1v) is 11.5. The van der Waals surface area contributed by atoms with Crippen LogP contribution in [0.1, 0.15) is 43.1 Å². The van der Waals surface area contributed by atoms with Crippen molar-refractivity contribution in [1.29, 1.82) is 0 Å². The van der Waals surface area contributed by atoms with Crippen LogP contribution in [0, 0.1) is 6.92 Å². The number of hydrogen-bond donors (Lipinski definition) is 2. The fourth-order valence-electron chi connectivity index (χ4n) is 4.03. The molecule has 0 radical (unpaired) electrons. The summed E-state index contributed by atoms with van der Waals surface area (Å²) < 4.78 is 22.4. The number of nitrogens with zero attached hydrogens (tertiary/aromatic N) is 1. The maximum atomic E-state index is 5.72. The second-order valence-corrected chi connectivity index (χ2v) is 8.20. The summed E-state index contributed by atoms with van der Waals surface area (Å²) in [5.74, 6) is 2.61. The molecule has 1 fully saturated rings. The minimum atomic E-state index is -0.0931. The number of guanidine groups is 1. The summed E-state index contributed by atoms with van der Waals surface area (Å²) in [6.07, 6.45) is 4.40. The van der Waals surface area contributed by atoms with Gasteiger partial charge < -0.3 is 29.3 Å². The Bertz CT molecular complexity index is 830. The Kier molecular flexibility index (Phi) is 9.43. The molecule has 1 aromatic heterocycles. The lowest BCUT2D eigenvalue weighted by atomic mass is 9.73. The van der Waals surface area contributed by atoms with E-state index in [1.54, 1.807) is 13.4 Å². The standard InChI is InChI=1S/C25H37N3O4/c1-4-26-24(27-12-6-13-31-18-21-7-5-14-32-21)28-19-25(10-15-30-16-11-25)22-17-20(2)8-9-23(22)29-3/h5,7-9,14,17H,4,6,10-13,15-16,18-19H2,1-3H3,(H2,26,27,28). The van der Waals surface area contributed by atoms with Gasteiger partial charge in [-0.25, -0.2) is 0 Å². The number of hydrogen-bond acceptors (Lipinski definition) is 5. The molecular formula is C25H37N3O4. The highest BCUT2D eigenvalue weighted by atomic mass is 16.5. The molecule has 3 rings (SSSR count). The SMILES string of the molecule is CCNC(=NCC1(c2cc(C)ccc2OC)CCOCC1)NCCCOCc1ccco1. The zero-order valence-electron chi connectivity index (χ0n) is 19.6. The molecule has 2 heterocycles. The van der Waals surface area contributed by atoms with E-state index in [9.17, 15) is 0 Å². The first-order valence-electron chi connectivity index (χ1n) is 11.5. The topological polar surface area (TPSA) is 77.3 Å². The van der Waals surface area contributed by atoms with Gasteiger partial charge in [0.05, 0.1) is 19.9 Å². The summed E-state index contributed by atoms with van der Waals surface area (Å²) >= 11 is 0. The van der Waals surface area contributed by atoms with Crippen molar-refractivity contribution in [2.24, 2.45) is 4.99 Å². The highest BCUT2D eigenvalue weighted by Crippen LogP contribution is 2.40. The highest BCUT2D eigenvalue weighted by Gasteiger charge is 2.37. The number of methoxy groups -OCH3 is 1. The molecule has 7 nitrogen and oxygen atoms in total. The molecule has 0 atom stereocenters. The van der Waals surface area contributed by atoms with Crippen molar-refractivity contribution in [3.8, 4) is 5.75 Å². The number of aliphatic imine (C=N–C) groups is 1. The van der Waals surface area contributed by atoms with Crippen LogP contribution in [0.25, 0.3) is 0 Å². The van der Waals surface area contributed by atoms with Crippen LogP contribution in [-0.2, 0) is 21.5 Å². The fourth-order valence-corrected chi connectivity index (χ4v) is 4.03. The average Bonchev–Trinajstić information content (AvgIpc) is 3.34. The molecule has 2 aromatic rings. The van der Waals surface area contributed by atoms with Crippen molar-refractivity contribution >= 4 is 5.96 Å². The summed E-state index contributed by atoms with van der Waals surface area (Å²) in [7, 11) is 1.74. The molecule has 1 aliphatic heterocycles. The number of aryl methyl sites for hydroxylation is 1. The van der Waals surface area contributed by atoms with Gasteiger partial charge in [0, 0.05) is 43.9 Å². The Labute approximate surface area is 191 Å². The quantitative estimate of drug-likeness (QED) is 0.312. The molecule has 176 valence electrons.